The third kappa shape index (κ3) is 3.61. The van der Waals surface area contributed by atoms with Gasteiger partial charge in [-0.15, -0.1) is 10.2 Å². The van der Waals surface area contributed by atoms with Crippen molar-refractivity contribution in [2.45, 2.75) is 29.3 Å². The second-order valence-electron chi connectivity index (χ2n) is 6.56. The number of fused-ring (bicyclic) bond motifs is 1. The third-order valence-electron chi connectivity index (χ3n) is 4.65. The molecule has 0 saturated heterocycles. The Morgan fingerprint density at radius 2 is 2.04 bits per heavy atom. The van der Waals surface area contributed by atoms with Gasteiger partial charge in [0.25, 0.3) is 11.6 Å². The fourth-order valence-corrected chi connectivity index (χ4v) is 4.05. The number of rotatable bonds is 5. The predicted molar refractivity (Wildman–Crippen MR) is 105 cm³/mol. The Morgan fingerprint density at radius 1 is 1.21 bits per heavy atom. The Balaban J connectivity index is 1.57. The molecule has 0 atom stereocenters. The van der Waals surface area contributed by atoms with Crippen molar-refractivity contribution in [1.82, 2.24) is 14.8 Å². The monoisotopic (exact) mass is 395 g/mol. The lowest BCUT2D eigenvalue weighted by molar-refractivity contribution is -0.387. The molecule has 4 rings (SSSR count). The van der Waals surface area contributed by atoms with Crippen LogP contribution >= 0.6 is 11.8 Å². The molecule has 1 aliphatic rings. The first-order chi connectivity index (χ1) is 13.5. The molecule has 3 aromatic rings. The highest BCUT2D eigenvalue weighted by Crippen LogP contribution is 2.34. The largest absolute Gasteiger partial charge is 0.322 e. The number of aromatic nitrogens is 3. The summed E-state index contributed by atoms with van der Waals surface area (Å²) in [5.74, 6) is -0.378. The van der Waals surface area contributed by atoms with Crippen LogP contribution in [-0.2, 0) is 19.9 Å². The van der Waals surface area contributed by atoms with Crippen molar-refractivity contribution < 1.29 is 9.72 Å². The van der Waals surface area contributed by atoms with Crippen molar-refractivity contribution >= 4 is 29.0 Å². The molecule has 0 saturated carbocycles. The number of nitro groups is 1. The van der Waals surface area contributed by atoms with E-state index in [0.717, 1.165) is 31.0 Å². The van der Waals surface area contributed by atoms with Crippen LogP contribution in [-0.4, -0.2) is 25.6 Å². The van der Waals surface area contributed by atoms with Gasteiger partial charge in [-0.2, -0.15) is 0 Å². The van der Waals surface area contributed by atoms with Gasteiger partial charge in [0, 0.05) is 24.4 Å². The summed E-state index contributed by atoms with van der Waals surface area (Å²) >= 11 is 1.13. The van der Waals surface area contributed by atoms with Crippen LogP contribution in [0.3, 0.4) is 0 Å². The van der Waals surface area contributed by atoms with Crippen molar-refractivity contribution in [2.24, 2.45) is 7.05 Å². The smallest absolute Gasteiger partial charge is 0.284 e. The molecule has 8 nitrogen and oxygen atoms in total. The van der Waals surface area contributed by atoms with E-state index in [4.69, 9.17) is 0 Å². The van der Waals surface area contributed by atoms with Crippen LogP contribution < -0.4 is 5.32 Å². The summed E-state index contributed by atoms with van der Waals surface area (Å²) in [4.78, 5) is 24.0. The number of benzene rings is 2. The molecule has 0 unspecified atom stereocenters. The lowest BCUT2D eigenvalue weighted by atomic mass is 10.1. The van der Waals surface area contributed by atoms with E-state index in [-0.39, 0.29) is 17.2 Å². The molecule has 9 heteroatoms. The second kappa shape index (κ2) is 7.43. The molecule has 1 aliphatic carbocycles. The Bertz CT molecular complexity index is 1080. The number of carbonyl (C=O) groups excluding carboxylic acids is 1. The van der Waals surface area contributed by atoms with Gasteiger partial charge in [-0.25, -0.2) is 0 Å². The highest BCUT2D eigenvalue weighted by Gasteiger charge is 2.20. The van der Waals surface area contributed by atoms with Gasteiger partial charge >= 0.3 is 0 Å². The van der Waals surface area contributed by atoms with Crippen LogP contribution in [0, 0.1) is 10.1 Å². The number of nitro benzene ring substituents is 1. The number of nitrogens with zero attached hydrogens (tertiary/aromatic N) is 4. The Labute approximate surface area is 165 Å². The summed E-state index contributed by atoms with van der Waals surface area (Å²) in [6.45, 7) is 0. The average Bonchev–Trinajstić information content (AvgIpc) is 3.30. The van der Waals surface area contributed by atoms with Crippen LogP contribution in [0.4, 0.5) is 11.4 Å². The summed E-state index contributed by atoms with van der Waals surface area (Å²) in [6.07, 6.45) is 4.73. The fraction of sp³-hybridized carbons (Fsp3) is 0.211. The summed E-state index contributed by atoms with van der Waals surface area (Å²) in [5.41, 5.74) is 3.35. The molecular weight excluding hydrogens is 378 g/mol. The van der Waals surface area contributed by atoms with E-state index >= 15 is 0 Å². The molecule has 2 aromatic carbocycles. The zero-order valence-electron chi connectivity index (χ0n) is 15.1. The zero-order chi connectivity index (χ0) is 19.7. The molecule has 0 fully saturated rings. The Morgan fingerprint density at radius 3 is 2.79 bits per heavy atom. The summed E-state index contributed by atoms with van der Waals surface area (Å²) < 4.78 is 1.67. The van der Waals surface area contributed by atoms with Crippen LogP contribution in [0.15, 0.2) is 52.8 Å². The van der Waals surface area contributed by atoms with Gasteiger partial charge in [0.05, 0.1) is 9.82 Å². The Kier molecular flexibility index (Phi) is 4.82. The molecule has 142 valence electrons. The standard InChI is InChI=1S/C19H17N5O3S/c1-23-11-20-22-19(23)28-17-8-6-14(10-16(17)24(26)27)18(25)21-15-7-5-12-3-2-4-13(12)9-15/h5-11H,2-4H2,1H3,(H,21,25). The van der Waals surface area contributed by atoms with Crippen molar-refractivity contribution in [3.8, 4) is 0 Å². The van der Waals surface area contributed by atoms with E-state index in [0.29, 0.717) is 15.7 Å². The van der Waals surface area contributed by atoms with E-state index in [1.807, 2.05) is 18.2 Å². The van der Waals surface area contributed by atoms with E-state index in [2.05, 4.69) is 15.5 Å². The minimum Gasteiger partial charge on any atom is -0.322 e. The lowest BCUT2D eigenvalue weighted by Gasteiger charge is -2.09. The molecule has 0 aliphatic heterocycles. The topological polar surface area (TPSA) is 103 Å². The quantitative estimate of drug-likeness (QED) is 0.523. The molecule has 1 N–H and O–H groups in total. The van der Waals surface area contributed by atoms with Crippen LogP contribution in [0.5, 0.6) is 0 Å². The summed E-state index contributed by atoms with van der Waals surface area (Å²) in [5, 5.41) is 22.6. The molecule has 1 aromatic heterocycles. The van der Waals surface area contributed by atoms with Crippen molar-refractivity contribution in [3.05, 3.63) is 69.5 Å². The molecule has 1 amide bonds. The predicted octanol–water partition coefficient (Wildman–Crippen LogP) is 3.62. The first kappa shape index (κ1) is 18.2. The number of nitrogens with one attached hydrogen (secondary N) is 1. The first-order valence-electron chi connectivity index (χ1n) is 8.75. The number of aryl methyl sites for hydroxylation is 3. The van der Waals surface area contributed by atoms with Gasteiger partial charge in [-0.3, -0.25) is 14.9 Å². The number of hydrogen-bond acceptors (Lipinski definition) is 6. The Hall–Kier alpha value is -3.20. The van der Waals surface area contributed by atoms with Crippen molar-refractivity contribution in [3.63, 3.8) is 0 Å². The van der Waals surface area contributed by atoms with Crippen LogP contribution in [0.1, 0.15) is 27.9 Å². The van der Waals surface area contributed by atoms with Gasteiger partial charge in [-0.05, 0) is 66.4 Å². The number of carbonyl (C=O) groups is 1. The summed E-state index contributed by atoms with van der Waals surface area (Å²) in [6, 6.07) is 10.3. The van der Waals surface area contributed by atoms with Crippen molar-refractivity contribution in [2.75, 3.05) is 5.32 Å². The maximum absolute atomic E-state index is 12.6. The normalized spacial score (nSPS) is 12.6. The molecular formula is C19H17N5O3S. The van der Waals surface area contributed by atoms with Gasteiger partial charge < -0.3 is 9.88 Å². The minimum atomic E-state index is -0.495. The molecule has 28 heavy (non-hydrogen) atoms. The maximum Gasteiger partial charge on any atom is 0.284 e. The van der Waals surface area contributed by atoms with Gasteiger partial charge in [-0.1, -0.05) is 6.07 Å². The molecule has 0 bridgehead atoms. The minimum absolute atomic E-state index is 0.144. The highest BCUT2D eigenvalue weighted by molar-refractivity contribution is 7.99. The maximum atomic E-state index is 12.6. The van der Waals surface area contributed by atoms with Crippen molar-refractivity contribution in [1.29, 1.82) is 0 Å². The van der Waals surface area contributed by atoms with Gasteiger partial charge in [0.2, 0.25) is 0 Å². The van der Waals surface area contributed by atoms with E-state index in [9.17, 15) is 14.9 Å². The lowest BCUT2D eigenvalue weighted by Crippen LogP contribution is -2.12. The fourth-order valence-electron chi connectivity index (χ4n) is 3.20. The van der Waals surface area contributed by atoms with Crippen LogP contribution in [0.2, 0.25) is 0 Å². The molecule has 1 heterocycles. The van der Waals surface area contributed by atoms with Gasteiger partial charge in [0.15, 0.2) is 5.16 Å². The number of amides is 1. The molecule has 0 radical (unpaired) electrons. The first-order valence-corrected chi connectivity index (χ1v) is 9.56. The number of hydrogen-bond donors (Lipinski definition) is 1. The summed E-state index contributed by atoms with van der Waals surface area (Å²) in [7, 11) is 1.76. The third-order valence-corrected chi connectivity index (χ3v) is 5.76. The number of anilines is 1. The average molecular weight is 395 g/mol. The second-order valence-corrected chi connectivity index (χ2v) is 7.57. The SMILES string of the molecule is Cn1cnnc1Sc1ccc(C(=O)Nc2ccc3c(c2)CCC3)cc1[N+](=O)[O-]. The van der Waals surface area contributed by atoms with Crippen LogP contribution in [0.25, 0.3) is 0 Å². The van der Waals surface area contributed by atoms with E-state index < -0.39 is 4.92 Å². The van der Waals surface area contributed by atoms with E-state index in [1.165, 1.54) is 23.5 Å². The highest BCUT2D eigenvalue weighted by atomic mass is 32.2. The molecule has 0 spiro atoms. The zero-order valence-corrected chi connectivity index (χ0v) is 15.9. The van der Waals surface area contributed by atoms with Gasteiger partial charge in [0.1, 0.15) is 6.33 Å². The van der Waals surface area contributed by atoms with E-state index in [1.54, 1.807) is 23.7 Å².